The molecule has 2 rings (SSSR count). The lowest BCUT2D eigenvalue weighted by molar-refractivity contribution is -0.126. The van der Waals surface area contributed by atoms with Crippen LogP contribution in [0.3, 0.4) is 0 Å². The highest BCUT2D eigenvalue weighted by Gasteiger charge is 2.24. The number of benzene rings is 2. The Balaban J connectivity index is 2.20. The molecule has 0 saturated carbocycles. The van der Waals surface area contributed by atoms with Gasteiger partial charge in [-0.15, -0.1) is 0 Å². The molecule has 1 unspecified atom stereocenters. The molecule has 2 aromatic carbocycles. The molecule has 0 bridgehead atoms. The van der Waals surface area contributed by atoms with E-state index in [1.54, 1.807) is 49.6 Å². The van der Waals surface area contributed by atoms with Crippen LogP contribution in [0.1, 0.15) is 12.5 Å². The number of nitrogens with one attached hydrogen (secondary N) is 1. The molecule has 136 valence electrons. The predicted octanol–water partition coefficient (Wildman–Crippen LogP) is 3.69. The van der Waals surface area contributed by atoms with Crippen molar-refractivity contribution < 1.29 is 19.1 Å². The van der Waals surface area contributed by atoms with Crippen LogP contribution in [0, 0.1) is 6.92 Å². The van der Waals surface area contributed by atoms with E-state index in [4.69, 9.17) is 9.47 Å². The van der Waals surface area contributed by atoms with E-state index in [1.165, 1.54) is 14.0 Å². The van der Waals surface area contributed by atoms with E-state index >= 15 is 0 Å². The molecule has 0 aliphatic heterocycles. The first-order valence-corrected chi connectivity index (χ1v) is 7.96. The van der Waals surface area contributed by atoms with Crippen LogP contribution in [0.15, 0.2) is 52.7 Å². The number of carbonyl (C=O) groups is 2. The molecule has 0 aliphatic carbocycles. The smallest absolute Gasteiger partial charge is 0.258 e. The maximum absolute atomic E-state index is 12.5. The average molecular weight is 355 g/mol. The van der Waals surface area contributed by atoms with Gasteiger partial charge in [0.2, 0.25) is 6.04 Å². The number of amides is 1. The van der Waals surface area contributed by atoms with Gasteiger partial charge in [-0.25, -0.2) is 0 Å². The third-order valence-corrected chi connectivity index (χ3v) is 3.68. The zero-order chi connectivity index (χ0) is 19.1. The first-order valence-electron chi connectivity index (χ1n) is 7.96. The molecule has 0 saturated heterocycles. The normalized spacial score (nSPS) is 11.8. The molecule has 1 atom stereocenters. The highest BCUT2D eigenvalue weighted by molar-refractivity contribution is 6.10. The van der Waals surface area contributed by atoms with Gasteiger partial charge in [0.15, 0.2) is 5.78 Å². The minimum Gasteiger partial charge on any atom is -0.497 e. The molecule has 7 nitrogen and oxygen atoms in total. The summed E-state index contributed by atoms with van der Waals surface area (Å²) in [4.78, 5) is 24.3. The van der Waals surface area contributed by atoms with Gasteiger partial charge in [-0.05, 0) is 49.7 Å². The van der Waals surface area contributed by atoms with Crippen molar-refractivity contribution in [1.82, 2.24) is 0 Å². The number of azo groups is 1. The van der Waals surface area contributed by atoms with Crippen LogP contribution in [-0.2, 0) is 9.59 Å². The largest absolute Gasteiger partial charge is 0.497 e. The Labute approximate surface area is 152 Å². The number of aryl methyl sites for hydroxylation is 1. The van der Waals surface area contributed by atoms with Crippen molar-refractivity contribution in [2.45, 2.75) is 19.9 Å². The number of para-hydroxylation sites is 2. The Kier molecular flexibility index (Phi) is 6.43. The molecule has 0 heterocycles. The first-order chi connectivity index (χ1) is 12.5. The zero-order valence-electron chi connectivity index (χ0n) is 15.1. The summed E-state index contributed by atoms with van der Waals surface area (Å²) >= 11 is 0. The molecule has 0 aromatic heterocycles. The van der Waals surface area contributed by atoms with Gasteiger partial charge in [-0.3, -0.25) is 9.59 Å². The van der Waals surface area contributed by atoms with E-state index in [0.717, 1.165) is 5.56 Å². The molecule has 0 fully saturated rings. The van der Waals surface area contributed by atoms with Crippen molar-refractivity contribution >= 4 is 23.1 Å². The summed E-state index contributed by atoms with van der Waals surface area (Å²) in [7, 11) is 3.07. The van der Waals surface area contributed by atoms with E-state index in [2.05, 4.69) is 15.5 Å². The van der Waals surface area contributed by atoms with Crippen molar-refractivity contribution in [3.63, 3.8) is 0 Å². The fourth-order valence-corrected chi connectivity index (χ4v) is 2.25. The molecule has 7 heteroatoms. The summed E-state index contributed by atoms with van der Waals surface area (Å²) in [6.45, 7) is 3.14. The van der Waals surface area contributed by atoms with Crippen molar-refractivity contribution in [1.29, 1.82) is 0 Å². The van der Waals surface area contributed by atoms with Gasteiger partial charge in [-0.2, -0.15) is 10.2 Å². The summed E-state index contributed by atoms with van der Waals surface area (Å²) in [5.74, 6) is 0.203. The Morgan fingerprint density at radius 2 is 1.81 bits per heavy atom. The van der Waals surface area contributed by atoms with E-state index < -0.39 is 17.7 Å². The van der Waals surface area contributed by atoms with Crippen molar-refractivity contribution in [2.75, 3.05) is 19.5 Å². The highest BCUT2D eigenvalue weighted by Crippen LogP contribution is 2.25. The third kappa shape index (κ3) is 4.66. The molecule has 0 aliphatic rings. The minimum atomic E-state index is -1.25. The number of anilines is 1. The maximum atomic E-state index is 12.5. The fourth-order valence-electron chi connectivity index (χ4n) is 2.25. The number of hydrogen-bond acceptors (Lipinski definition) is 6. The Morgan fingerprint density at radius 1 is 1.08 bits per heavy atom. The minimum absolute atomic E-state index is 0.410. The van der Waals surface area contributed by atoms with Crippen molar-refractivity contribution in [2.24, 2.45) is 10.2 Å². The number of carbonyl (C=O) groups excluding carboxylic acids is 2. The molecule has 1 N–H and O–H groups in total. The van der Waals surface area contributed by atoms with Crippen molar-refractivity contribution in [3.05, 3.63) is 48.0 Å². The van der Waals surface area contributed by atoms with Crippen LogP contribution < -0.4 is 14.8 Å². The Hall–Kier alpha value is -3.22. The Bertz CT molecular complexity index is 833. The lowest BCUT2D eigenvalue weighted by atomic mass is 10.2. The van der Waals surface area contributed by atoms with E-state index in [1.807, 2.05) is 6.92 Å². The lowest BCUT2D eigenvalue weighted by Crippen LogP contribution is -2.31. The van der Waals surface area contributed by atoms with Crippen LogP contribution in [0.25, 0.3) is 0 Å². The quantitative estimate of drug-likeness (QED) is 0.606. The van der Waals surface area contributed by atoms with E-state index in [-0.39, 0.29) is 0 Å². The second kappa shape index (κ2) is 8.75. The van der Waals surface area contributed by atoms with E-state index in [0.29, 0.717) is 22.9 Å². The number of Topliss-reactive ketones (excluding diaryl/α,β-unsaturated/α-hetero) is 1. The number of hydrogen-bond donors (Lipinski definition) is 1. The molecule has 26 heavy (non-hydrogen) atoms. The first kappa shape index (κ1) is 19.1. The fraction of sp³-hybridized carbons (Fsp3) is 0.263. The summed E-state index contributed by atoms with van der Waals surface area (Å²) in [6.07, 6.45) is 0. The molecular formula is C19H21N3O4. The summed E-state index contributed by atoms with van der Waals surface area (Å²) in [5.41, 5.74) is 1.84. The van der Waals surface area contributed by atoms with Crippen LogP contribution >= 0.6 is 0 Å². The summed E-state index contributed by atoms with van der Waals surface area (Å²) in [6, 6.07) is 10.9. The molecular weight excluding hydrogens is 334 g/mol. The van der Waals surface area contributed by atoms with Crippen molar-refractivity contribution in [3.8, 4) is 11.5 Å². The van der Waals surface area contributed by atoms with E-state index in [9.17, 15) is 9.59 Å². The monoisotopic (exact) mass is 355 g/mol. The van der Waals surface area contributed by atoms with Gasteiger partial charge in [0, 0.05) is 0 Å². The van der Waals surface area contributed by atoms with Gasteiger partial charge in [0.05, 0.1) is 25.6 Å². The van der Waals surface area contributed by atoms with Crippen LogP contribution in [0.4, 0.5) is 11.4 Å². The topological polar surface area (TPSA) is 89.4 Å². The number of ether oxygens (including phenoxy) is 2. The zero-order valence-corrected chi connectivity index (χ0v) is 15.1. The molecule has 1 amide bonds. The summed E-state index contributed by atoms with van der Waals surface area (Å²) in [5, 5.41) is 10.7. The lowest BCUT2D eigenvalue weighted by Gasteiger charge is -2.12. The standard InChI is InChI=1S/C19H21N3O4/c1-12-11-14(25-3)9-10-15(12)21-22-18(13(2)23)19(24)20-16-7-5-6-8-17(16)26-4/h5-11,18H,1-4H3,(H,20,24). The number of methoxy groups -OCH3 is 2. The van der Waals surface area contributed by atoms with Crippen LogP contribution in [0.2, 0.25) is 0 Å². The molecule has 0 spiro atoms. The average Bonchev–Trinajstić information content (AvgIpc) is 2.63. The van der Waals surface area contributed by atoms with Gasteiger partial charge in [0.1, 0.15) is 11.5 Å². The SMILES string of the molecule is COc1ccc(N=NC(C(C)=O)C(=O)Nc2ccccc2OC)c(C)c1. The number of nitrogens with zero attached hydrogens (tertiary/aromatic N) is 2. The predicted molar refractivity (Wildman–Crippen MR) is 98.3 cm³/mol. The number of ketones is 1. The van der Waals surface area contributed by atoms with Crippen LogP contribution in [-0.4, -0.2) is 32.0 Å². The van der Waals surface area contributed by atoms with Gasteiger partial charge in [-0.1, -0.05) is 12.1 Å². The van der Waals surface area contributed by atoms with Gasteiger partial charge in [0.25, 0.3) is 5.91 Å². The maximum Gasteiger partial charge on any atom is 0.258 e. The second-order valence-corrected chi connectivity index (χ2v) is 5.57. The molecule has 2 aromatic rings. The summed E-state index contributed by atoms with van der Waals surface area (Å²) < 4.78 is 10.3. The third-order valence-electron chi connectivity index (χ3n) is 3.68. The Morgan fingerprint density at radius 3 is 2.42 bits per heavy atom. The second-order valence-electron chi connectivity index (χ2n) is 5.57. The molecule has 0 radical (unpaired) electrons. The number of rotatable bonds is 7. The van der Waals surface area contributed by atoms with Gasteiger partial charge >= 0.3 is 0 Å². The highest BCUT2D eigenvalue weighted by atomic mass is 16.5. The van der Waals surface area contributed by atoms with Crippen LogP contribution in [0.5, 0.6) is 11.5 Å². The van der Waals surface area contributed by atoms with Gasteiger partial charge < -0.3 is 14.8 Å².